The summed E-state index contributed by atoms with van der Waals surface area (Å²) in [5, 5.41) is 6.34. The molecule has 0 radical (unpaired) electrons. The molecule has 0 aliphatic heterocycles. The van der Waals surface area contributed by atoms with Crippen LogP contribution in [0.4, 0.5) is 0 Å². The van der Waals surface area contributed by atoms with E-state index < -0.39 is 0 Å². The fourth-order valence-corrected chi connectivity index (χ4v) is 2.29. The highest BCUT2D eigenvalue weighted by Crippen LogP contribution is 2.18. The van der Waals surface area contributed by atoms with Crippen molar-refractivity contribution >= 4 is 17.3 Å². The van der Waals surface area contributed by atoms with Crippen molar-refractivity contribution in [3.8, 4) is 0 Å². The van der Waals surface area contributed by atoms with Gasteiger partial charge in [0.2, 0.25) is 0 Å². The average Bonchev–Trinajstić information content (AvgIpc) is 2.73. The lowest BCUT2D eigenvalue weighted by atomic mass is 9.93. The van der Waals surface area contributed by atoms with Gasteiger partial charge in [0.1, 0.15) is 0 Å². The van der Waals surface area contributed by atoms with Crippen molar-refractivity contribution in [3.05, 3.63) is 16.6 Å². The zero-order valence-corrected chi connectivity index (χ0v) is 10.3. The van der Waals surface area contributed by atoms with Gasteiger partial charge in [-0.25, -0.2) is 4.98 Å². The van der Waals surface area contributed by atoms with Crippen LogP contribution in [0.5, 0.6) is 0 Å². The van der Waals surface area contributed by atoms with Gasteiger partial charge in [-0.1, -0.05) is 6.92 Å². The number of nitrogens with zero attached hydrogens (tertiary/aromatic N) is 2. The van der Waals surface area contributed by atoms with Gasteiger partial charge in [-0.2, -0.15) is 0 Å². The molecule has 3 N–H and O–H groups in total. The summed E-state index contributed by atoms with van der Waals surface area (Å²) in [5.41, 5.74) is 5.81. The number of thiazole rings is 1. The summed E-state index contributed by atoms with van der Waals surface area (Å²) in [6, 6.07) is 0.555. The molecule has 1 heterocycles. The van der Waals surface area contributed by atoms with E-state index in [-0.39, 0.29) is 0 Å². The zero-order chi connectivity index (χ0) is 11.4. The van der Waals surface area contributed by atoms with Crippen LogP contribution in [0.1, 0.15) is 37.1 Å². The number of hydrogen-bond acceptors (Lipinski definition) is 3. The molecule has 0 saturated heterocycles. The van der Waals surface area contributed by atoms with Crippen molar-refractivity contribution in [1.82, 2.24) is 10.3 Å². The normalized spacial score (nSPS) is 19.2. The van der Waals surface area contributed by atoms with Gasteiger partial charge < -0.3 is 11.1 Å². The van der Waals surface area contributed by atoms with Crippen LogP contribution in [0.2, 0.25) is 0 Å². The summed E-state index contributed by atoms with van der Waals surface area (Å²) in [6.07, 6.45) is 5.58. The molecular weight excluding hydrogens is 220 g/mol. The van der Waals surface area contributed by atoms with E-state index in [9.17, 15) is 0 Å². The van der Waals surface area contributed by atoms with E-state index in [1.54, 1.807) is 11.3 Å². The third kappa shape index (κ3) is 2.95. The Labute approximate surface area is 100.0 Å². The van der Waals surface area contributed by atoms with Crippen LogP contribution in [0.25, 0.3) is 0 Å². The van der Waals surface area contributed by atoms with Crippen LogP contribution in [0.3, 0.4) is 0 Å². The second-order valence-corrected chi connectivity index (χ2v) is 5.20. The monoisotopic (exact) mass is 238 g/mol. The third-order valence-electron chi connectivity index (χ3n) is 2.87. The van der Waals surface area contributed by atoms with Crippen molar-refractivity contribution in [2.45, 2.75) is 38.1 Å². The zero-order valence-electron chi connectivity index (χ0n) is 9.52. The lowest BCUT2D eigenvalue weighted by Gasteiger charge is -2.26. The first-order valence-corrected chi connectivity index (χ1v) is 6.59. The molecule has 1 aliphatic carbocycles. The maximum absolute atomic E-state index is 5.81. The molecular formula is C11H18N4S. The Kier molecular flexibility index (Phi) is 3.77. The van der Waals surface area contributed by atoms with E-state index in [4.69, 9.17) is 5.73 Å². The van der Waals surface area contributed by atoms with Crippen molar-refractivity contribution in [3.63, 3.8) is 0 Å². The highest BCUT2D eigenvalue weighted by Gasteiger charge is 2.17. The number of aliphatic imine (C=N–C) groups is 1. The Balaban J connectivity index is 1.78. The molecule has 1 unspecified atom stereocenters. The molecule has 1 aliphatic rings. The third-order valence-corrected chi connectivity index (χ3v) is 3.87. The van der Waals surface area contributed by atoms with Crippen LogP contribution >= 0.6 is 11.3 Å². The topological polar surface area (TPSA) is 63.3 Å². The van der Waals surface area contributed by atoms with Crippen molar-refractivity contribution in [1.29, 1.82) is 0 Å². The van der Waals surface area contributed by atoms with Crippen molar-refractivity contribution < 1.29 is 0 Å². The van der Waals surface area contributed by atoms with Crippen LogP contribution in [-0.2, 0) is 0 Å². The number of aromatic nitrogens is 1. The van der Waals surface area contributed by atoms with Gasteiger partial charge in [0, 0.05) is 23.5 Å². The summed E-state index contributed by atoms with van der Waals surface area (Å²) < 4.78 is 0. The fourth-order valence-electron chi connectivity index (χ4n) is 1.60. The van der Waals surface area contributed by atoms with Gasteiger partial charge in [-0.15, -0.1) is 11.3 Å². The number of nitrogens with two attached hydrogens (primary N) is 1. The molecule has 0 bridgehead atoms. The van der Waals surface area contributed by atoms with Crippen LogP contribution < -0.4 is 11.1 Å². The molecule has 0 amide bonds. The maximum atomic E-state index is 5.81. The predicted molar refractivity (Wildman–Crippen MR) is 67.8 cm³/mol. The first kappa shape index (κ1) is 11.4. The molecule has 1 saturated carbocycles. The van der Waals surface area contributed by atoms with Gasteiger partial charge in [0.15, 0.2) is 5.96 Å². The molecule has 4 nitrogen and oxygen atoms in total. The summed E-state index contributed by atoms with van der Waals surface area (Å²) in [7, 11) is 0. The predicted octanol–water partition coefficient (Wildman–Crippen LogP) is 1.70. The van der Waals surface area contributed by atoms with E-state index in [0.717, 1.165) is 5.01 Å². The molecule has 88 valence electrons. The largest absolute Gasteiger partial charge is 0.370 e. The summed E-state index contributed by atoms with van der Waals surface area (Å²) in [4.78, 5) is 8.62. The second-order valence-electron chi connectivity index (χ2n) is 4.27. The number of rotatable bonds is 4. The summed E-state index contributed by atoms with van der Waals surface area (Å²) in [5.74, 6) is 0.926. The van der Waals surface area contributed by atoms with Crippen molar-refractivity contribution in [2.24, 2.45) is 10.7 Å². The average molecular weight is 238 g/mol. The second kappa shape index (κ2) is 5.30. The Hall–Kier alpha value is -1.10. The minimum Gasteiger partial charge on any atom is -0.370 e. The SMILES string of the molecule is CC(CN=C(N)NC1CCC1)c1nccs1. The molecule has 0 aromatic carbocycles. The van der Waals surface area contributed by atoms with E-state index in [2.05, 4.69) is 22.2 Å². The molecule has 1 aromatic heterocycles. The van der Waals surface area contributed by atoms with Gasteiger partial charge in [0.25, 0.3) is 0 Å². The van der Waals surface area contributed by atoms with Crippen LogP contribution in [0, 0.1) is 0 Å². The first-order chi connectivity index (χ1) is 7.75. The van der Waals surface area contributed by atoms with Crippen LogP contribution in [0.15, 0.2) is 16.6 Å². The number of hydrogen-bond donors (Lipinski definition) is 2. The lowest BCUT2D eigenvalue weighted by Crippen LogP contribution is -2.43. The smallest absolute Gasteiger partial charge is 0.188 e. The summed E-state index contributed by atoms with van der Waals surface area (Å²) in [6.45, 7) is 2.83. The van der Waals surface area contributed by atoms with Crippen LogP contribution in [-0.4, -0.2) is 23.5 Å². The Bertz CT molecular complexity index is 343. The quantitative estimate of drug-likeness (QED) is 0.620. The van der Waals surface area contributed by atoms with Crippen molar-refractivity contribution in [2.75, 3.05) is 6.54 Å². The van der Waals surface area contributed by atoms with Gasteiger partial charge in [-0.05, 0) is 19.3 Å². The maximum Gasteiger partial charge on any atom is 0.188 e. The molecule has 0 spiro atoms. The Morgan fingerprint density at radius 1 is 1.75 bits per heavy atom. The number of nitrogens with one attached hydrogen (secondary N) is 1. The standard InChI is InChI=1S/C11H18N4S/c1-8(10-13-5-6-16-10)7-14-11(12)15-9-3-2-4-9/h5-6,8-9H,2-4,7H2,1H3,(H3,12,14,15). The van der Waals surface area contributed by atoms with Gasteiger partial charge in [0.05, 0.1) is 11.6 Å². The highest BCUT2D eigenvalue weighted by molar-refractivity contribution is 7.09. The van der Waals surface area contributed by atoms with E-state index in [1.165, 1.54) is 19.3 Å². The fraction of sp³-hybridized carbons (Fsp3) is 0.636. The molecule has 1 fully saturated rings. The molecule has 5 heteroatoms. The Morgan fingerprint density at radius 3 is 3.12 bits per heavy atom. The minimum absolute atomic E-state index is 0.349. The Morgan fingerprint density at radius 2 is 2.56 bits per heavy atom. The number of guanidine groups is 1. The van der Waals surface area contributed by atoms with E-state index in [1.807, 2.05) is 11.6 Å². The van der Waals surface area contributed by atoms with Gasteiger partial charge in [-0.3, -0.25) is 4.99 Å². The molecule has 1 atom stereocenters. The minimum atomic E-state index is 0.349. The van der Waals surface area contributed by atoms with Gasteiger partial charge >= 0.3 is 0 Å². The molecule has 16 heavy (non-hydrogen) atoms. The molecule has 2 rings (SSSR count). The highest BCUT2D eigenvalue weighted by atomic mass is 32.1. The van der Waals surface area contributed by atoms with E-state index in [0.29, 0.717) is 24.5 Å². The van der Waals surface area contributed by atoms with E-state index >= 15 is 0 Å². The lowest BCUT2D eigenvalue weighted by molar-refractivity contribution is 0.382. The molecule has 1 aromatic rings. The summed E-state index contributed by atoms with van der Waals surface area (Å²) >= 11 is 1.67. The first-order valence-electron chi connectivity index (χ1n) is 5.71.